The van der Waals surface area contributed by atoms with Crippen molar-refractivity contribution in [1.29, 1.82) is 0 Å². The Balaban J connectivity index is 1.90. The van der Waals surface area contributed by atoms with Gasteiger partial charge in [0.15, 0.2) is 0 Å². The Morgan fingerprint density at radius 3 is 2.55 bits per heavy atom. The Bertz CT molecular complexity index is 1030. The quantitative estimate of drug-likeness (QED) is 0.409. The second kappa shape index (κ2) is 9.87. The topological polar surface area (TPSA) is 59.1 Å². The molecule has 0 radical (unpaired) electrons. The van der Waals surface area contributed by atoms with Crippen LogP contribution in [0.3, 0.4) is 0 Å². The zero-order valence-corrected chi connectivity index (χ0v) is 17.8. The molecule has 1 atom stereocenters. The van der Waals surface area contributed by atoms with Gasteiger partial charge in [0.2, 0.25) is 5.95 Å². The van der Waals surface area contributed by atoms with Gasteiger partial charge in [-0.1, -0.05) is 42.8 Å². The minimum atomic E-state index is -4.77. The molecule has 3 aromatic rings. The molecule has 2 aromatic carbocycles. The normalized spacial score (nSPS) is 12.3. The van der Waals surface area contributed by atoms with Gasteiger partial charge in [-0.2, -0.15) is 4.98 Å². The first-order chi connectivity index (χ1) is 14.7. The summed E-state index contributed by atoms with van der Waals surface area (Å²) in [7, 11) is 0. The Morgan fingerprint density at radius 2 is 1.84 bits per heavy atom. The maximum atomic E-state index is 12.6. The van der Waals surface area contributed by atoms with Gasteiger partial charge in [0.05, 0.1) is 5.69 Å². The fourth-order valence-electron chi connectivity index (χ4n) is 2.76. The van der Waals surface area contributed by atoms with Crippen molar-refractivity contribution in [1.82, 2.24) is 9.97 Å². The van der Waals surface area contributed by atoms with Crippen LogP contribution in [-0.4, -0.2) is 22.4 Å². The van der Waals surface area contributed by atoms with Crippen molar-refractivity contribution < 1.29 is 17.9 Å². The number of halogens is 4. The fourth-order valence-corrected chi connectivity index (χ4v) is 2.98. The van der Waals surface area contributed by atoms with Crippen LogP contribution in [0.25, 0.3) is 11.3 Å². The lowest BCUT2D eigenvalue weighted by Gasteiger charge is -2.15. The third-order valence-electron chi connectivity index (χ3n) is 4.44. The van der Waals surface area contributed by atoms with E-state index in [-0.39, 0.29) is 11.8 Å². The number of anilines is 2. The highest BCUT2D eigenvalue weighted by molar-refractivity contribution is 6.30. The number of nitrogens with zero attached hydrogens (tertiary/aromatic N) is 2. The van der Waals surface area contributed by atoms with Crippen LogP contribution < -0.4 is 15.4 Å². The lowest BCUT2D eigenvalue weighted by Crippen LogP contribution is -2.17. The van der Waals surface area contributed by atoms with Crippen LogP contribution in [0.15, 0.2) is 54.6 Å². The van der Waals surface area contributed by atoms with E-state index in [1.807, 2.05) is 32.0 Å². The van der Waals surface area contributed by atoms with E-state index in [0.29, 0.717) is 34.6 Å². The van der Waals surface area contributed by atoms with Crippen LogP contribution in [-0.2, 0) is 6.54 Å². The number of benzene rings is 2. The average Bonchev–Trinajstić information content (AvgIpc) is 2.71. The first kappa shape index (κ1) is 22.7. The SMILES string of the molecule is CC[C@@H](C)Nc1nc(NCc2cccc(Cl)c2)cc(-c2cccc(OC(F)(F)F)c2)n1. The molecule has 5 nitrogen and oxygen atoms in total. The standard InChI is InChI=1S/C22H22ClF3N4O/c1-3-14(2)28-21-29-19(16-7-5-9-18(11-16)31-22(24,25)26)12-20(30-21)27-13-15-6-4-8-17(23)10-15/h4-12,14H,3,13H2,1-2H3,(H2,27,28,29,30)/t14-/m1/s1. The zero-order valence-electron chi connectivity index (χ0n) is 17.0. The van der Waals surface area contributed by atoms with E-state index in [1.165, 1.54) is 18.2 Å². The number of hydrogen-bond donors (Lipinski definition) is 2. The predicted molar refractivity (Wildman–Crippen MR) is 116 cm³/mol. The van der Waals surface area contributed by atoms with Crippen molar-refractivity contribution in [2.24, 2.45) is 0 Å². The van der Waals surface area contributed by atoms with E-state index in [0.717, 1.165) is 12.0 Å². The van der Waals surface area contributed by atoms with E-state index >= 15 is 0 Å². The lowest BCUT2D eigenvalue weighted by molar-refractivity contribution is -0.274. The summed E-state index contributed by atoms with van der Waals surface area (Å²) in [4.78, 5) is 8.97. The summed E-state index contributed by atoms with van der Waals surface area (Å²) in [5, 5.41) is 7.06. The van der Waals surface area contributed by atoms with Gasteiger partial charge in [-0.3, -0.25) is 0 Å². The van der Waals surface area contributed by atoms with Gasteiger partial charge in [0.25, 0.3) is 0 Å². The van der Waals surface area contributed by atoms with Crippen molar-refractivity contribution in [3.05, 3.63) is 65.2 Å². The summed E-state index contributed by atoms with van der Waals surface area (Å²) in [5.74, 6) is 0.592. The van der Waals surface area contributed by atoms with Gasteiger partial charge in [-0.15, -0.1) is 13.2 Å². The number of rotatable bonds is 8. The molecule has 3 rings (SSSR count). The van der Waals surface area contributed by atoms with Crippen molar-refractivity contribution in [2.45, 2.75) is 39.2 Å². The van der Waals surface area contributed by atoms with Gasteiger partial charge < -0.3 is 15.4 Å². The monoisotopic (exact) mass is 450 g/mol. The largest absolute Gasteiger partial charge is 0.573 e. The van der Waals surface area contributed by atoms with Crippen molar-refractivity contribution >= 4 is 23.4 Å². The van der Waals surface area contributed by atoms with Gasteiger partial charge in [0, 0.05) is 29.2 Å². The Hall–Kier alpha value is -3.00. The fraction of sp³-hybridized carbons (Fsp3) is 0.273. The van der Waals surface area contributed by atoms with Crippen LogP contribution in [0, 0.1) is 0 Å². The summed E-state index contributed by atoms with van der Waals surface area (Å²) in [6.07, 6.45) is -3.91. The van der Waals surface area contributed by atoms with Crippen LogP contribution in [0.4, 0.5) is 24.9 Å². The van der Waals surface area contributed by atoms with E-state index in [4.69, 9.17) is 11.6 Å². The molecule has 31 heavy (non-hydrogen) atoms. The average molecular weight is 451 g/mol. The molecule has 0 spiro atoms. The van der Waals surface area contributed by atoms with Crippen LogP contribution in [0.1, 0.15) is 25.8 Å². The van der Waals surface area contributed by atoms with Crippen LogP contribution in [0.5, 0.6) is 5.75 Å². The van der Waals surface area contributed by atoms with Crippen LogP contribution >= 0.6 is 11.6 Å². The maximum Gasteiger partial charge on any atom is 0.573 e. The van der Waals surface area contributed by atoms with Gasteiger partial charge in [-0.25, -0.2) is 4.98 Å². The summed E-state index contributed by atoms with van der Waals surface area (Å²) in [6, 6.07) is 14.9. The summed E-state index contributed by atoms with van der Waals surface area (Å²) in [6.45, 7) is 4.49. The predicted octanol–water partition coefficient (Wildman–Crippen LogP) is 6.52. The molecule has 0 unspecified atom stereocenters. The van der Waals surface area contributed by atoms with E-state index < -0.39 is 6.36 Å². The highest BCUT2D eigenvalue weighted by Gasteiger charge is 2.31. The molecule has 0 fully saturated rings. The zero-order chi connectivity index (χ0) is 22.4. The molecule has 0 bridgehead atoms. The summed E-state index contributed by atoms with van der Waals surface area (Å²) >= 11 is 6.04. The molecule has 0 saturated carbocycles. The Kier molecular flexibility index (Phi) is 7.22. The first-order valence-corrected chi connectivity index (χ1v) is 10.1. The number of aromatic nitrogens is 2. The Labute approximate surface area is 183 Å². The van der Waals surface area contributed by atoms with Crippen molar-refractivity contribution in [2.75, 3.05) is 10.6 Å². The van der Waals surface area contributed by atoms with Crippen molar-refractivity contribution in [3.63, 3.8) is 0 Å². The number of hydrogen-bond acceptors (Lipinski definition) is 5. The van der Waals surface area contributed by atoms with Crippen molar-refractivity contribution in [3.8, 4) is 17.0 Å². The number of nitrogens with one attached hydrogen (secondary N) is 2. The molecule has 2 N–H and O–H groups in total. The smallest absolute Gasteiger partial charge is 0.406 e. The molecular weight excluding hydrogens is 429 g/mol. The number of alkyl halides is 3. The molecule has 0 aliphatic carbocycles. The van der Waals surface area contributed by atoms with Gasteiger partial charge >= 0.3 is 6.36 Å². The summed E-state index contributed by atoms with van der Waals surface area (Å²) in [5.41, 5.74) is 1.90. The molecule has 0 amide bonds. The van der Waals surface area contributed by atoms with Crippen LogP contribution in [0.2, 0.25) is 5.02 Å². The molecule has 1 aromatic heterocycles. The lowest BCUT2D eigenvalue weighted by atomic mass is 10.1. The summed E-state index contributed by atoms with van der Waals surface area (Å²) < 4.78 is 41.8. The minimum absolute atomic E-state index is 0.121. The third kappa shape index (κ3) is 7.03. The molecule has 1 heterocycles. The second-order valence-electron chi connectivity index (χ2n) is 6.97. The van der Waals surface area contributed by atoms with Gasteiger partial charge in [0.1, 0.15) is 11.6 Å². The van der Waals surface area contributed by atoms with E-state index in [9.17, 15) is 13.2 Å². The Morgan fingerprint density at radius 1 is 1.06 bits per heavy atom. The van der Waals surface area contributed by atoms with E-state index in [2.05, 4.69) is 25.3 Å². The molecule has 9 heteroatoms. The highest BCUT2D eigenvalue weighted by Crippen LogP contribution is 2.29. The second-order valence-corrected chi connectivity index (χ2v) is 7.41. The molecule has 164 valence electrons. The third-order valence-corrected chi connectivity index (χ3v) is 4.68. The molecule has 0 saturated heterocycles. The minimum Gasteiger partial charge on any atom is -0.406 e. The molecule has 0 aliphatic rings. The molecular formula is C22H22ClF3N4O. The van der Waals surface area contributed by atoms with E-state index in [1.54, 1.807) is 18.2 Å². The maximum absolute atomic E-state index is 12.6. The highest BCUT2D eigenvalue weighted by atomic mass is 35.5. The first-order valence-electron chi connectivity index (χ1n) is 9.72. The molecule has 0 aliphatic heterocycles. The number of ether oxygens (including phenoxy) is 1. The van der Waals surface area contributed by atoms with Gasteiger partial charge in [-0.05, 0) is 43.2 Å².